The van der Waals surface area contributed by atoms with Crippen LogP contribution in [0.4, 0.5) is 0 Å². The first kappa shape index (κ1) is 12.4. The smallest absolute Gasteiger partial charge is 0.0353 e. The molecule has 0 atom stereocenters. The first-order valence-electron chi connectivity index (χ1n) is 5.60. The Kier molecular flexibility index (Phi) is 4.30. The van der Waals surface area contributed by atoms with E-state index in [4.69, 9.17) is 5.73 Å². The number of nitrogens with two attached hydrogens (primary N) is 1. The summed E-state index contributed by atoms with van der Waals surface area (Å²) >= 11 is 5.53. The van der Waals surface area contributed by atoms with Crippen LogP contribution < -0.4 is 11.1 Å². The summed E-state index contributed by atoms with van der Waals surface area (Å²) in [6.45, 7) is 2.91. The summed E-state index contributed by atoms with van der Waals surface area (Å²) < 4.78 is 1.39. The van der Waals surface area contributed by atoms with Crippen molar-refractivity contribution in [1.82, 2.24) is 5.32 Å². The Morgan fingerprint density at radius 3 is 2.62 bits per heavy atom. The molecule has 1 heterocycles. The van der Waals surface area contributed by atoms with Crippen molar-refractivity contribution in [1.29, 1.82) is 0 Å². The topological polar surface area (TPSA) is 38.0 Å². The molecule has 0 bridgehead atoms. The van der Waals surface area contributed by atoms with Gasteiger partial charge in [0.2, 0.25) is 0 Å². The number of nitrogens with one attached hydrogen (secondary N) is 1. The molecule has 1 aliphatic rings. The fourth-order valence-electron chi connectivity index (χ4n) is 1.99. The van der Waals surface area contributed by atoms with Crippen LogP contribution in [0.3, 0.4) is 0 Å². The molecule has 1 fully saturated rings. The highest BCUT2D eigenvalue weighted by molar-refractivity contribution is 9.10. The standard InChI is InChI=1S/C12H17BrN2S/c13-10-3-1-2-4-11(10)16-12(9-14)5-7-15-8-6-12/h1-4,15H,5-9,14H2. The second-order valence-electron chi connectivity index (χ2n) is 4.17. The monoisotopic (exact) mass is 300 g/mol. The first-order chi connectivity index (χ1) is 7.76. The highest BCUT2D eigenvalue weighted by Crippen LogP contribution is 2.41. The van der Waals surface area contributed by atoms with Crippen molar-refractivity contribution >= 4 is 27.7 Å². The molecular formula is C12H17BrN2S. The molecule has 4 heteroatoms. The molecule has 1 aromatic rings. The summed E-state index contributed by atoms with van der Waals surface area (Å²) in [5, 5.41) is 3.39. The molecule has 0 spiro atoms. The lowest BCUT2D eigenvalue weighted by Gasteiger charge is -2.36. The van der Waals surface area contributed by atoms with Crippen LogP contribution in [0.25, 0.3) is 0 Å². The summed E-state index contributed by atoms with van der Waals surface area (Å²) in [5.74, 6) is 0. The third-order valence-corrected chi connectivity index (χ3v) is 5.59. The van der Waals surface area contributed by atoms with Crippen molar-refractivity contribution in [3.8, 4) is 0 Å². The van der Waals surface area contributed by atoms with E-state index in [-0.39, 0.29) is 4.75 Å². The molecular weight excluding hydrogens is 284 g/mol. The highest BCUT2D eigenvalue weighted by atomic mass is 79.9. The molecule has 1 aromatic carbocycles. The van der Waals surface area contributed by atoms with Gasteiger partial charge in [0.1, 0.15) is 0 Å². The second-order valence-corrected chi connectivity index (χ2v) is 6.53. The average molecular weight is 301 g/mol. The SMILES string of the molecule is NCC1(Sc2ccccc2Br)CCNCC1. The Morgan fingerprint density at radius 2 is 2.00 bits per heavy atom. The predicted octanol–water partition coefficient (Wildman–Crippen LogP) is 2.62. The van der Waals surface area contributed by atoms with E-state index in [0.29, 0.717) is 0 Å². The largest absolute Gasteiger partial charge is 0.329 e. The highest BCUT2D eigenvalue weighted by Gasteiger charge is 2.32. The molecule has 2 rings (SSSR count). The van der Waals surface area contributed by atoms with Crippen molar-refractivity contribution in [3.05, 3.63) is 28.7 Å². The van der Waals surface area contributed by atoms with E-state index < -0.39 is 0 Å². The quantitative estimate of drug-likeness (QED) is 0.901. The van der Waals surface area contributed by atoms with Crippen molar-refractivity contribution in [3.63, 3.8) is 0 Å². The van der Waals surface area contributed by atoms with Crippen LogP contribution in [0.1, 0.15) is 12.8 Å². The molecule has 1 aliphatic heterocycles. The minimum absolute atomic E-state index is 0.217. The van der Waals surface area contributed by atoms with E-state index in [1.165, 1.54) is 9.37 Å². The van der Waals surface area contributed by atoms with Crippen molar-refractivity contribution in [2.24, 2.45) is 5.73 Å². The Hall–Kier alpha value is -0.0300. The lowest BCUT2D eigenvalue weighted by molar-refractivity contribution is 0.420. The zero-order valence-electron chi connectivity index (χ0n) is 9.21. The zero-order chi connectivity index (χ0) is 11.4. The van der Waals surface area contributed by atoms with E-state index in [0.717, 1.165) is 32.5 Å². The fourth-order valence-corrected chi connectivity index (χ4v) is 3.79. The number of piperidine rings is 1. The van der Waals surface area contributed by atoms with Gasteiger partial charge < -0.3 is 11.1 Å². The van der Waals surface area contributed by atoms with E-state index in [9.17, 15) is 0 Å². The van der Waals surface area contributed by atoms with Crippen molar-refractivity contribution < 1.29 is 0 Å². The molecule has 0 saturated carbocycles. The van der Waals surface area contributed by atoms with Gasteiger partial charge in [-0.05, 0) is 54.0 Å². The Bertz CT molecular complexity index is 351. The van der Waals surface area contributed by atoms with Gasteiger partial charge in [0.15, 0.2) is 0 Å². The first-order valence-corrected chi connectivity index (χ1v) is 7.21. The minimum atomic E-state index is 0.217. The van der Waals surface area contributed by atoms with E-state index >= 15 is 0 Å². The molecule has 3 N–H and O–H groups in total. The van der Waals surface area contributed by atoms with Crippen LogP contribution in [-0.2, 0) is 0 Å². The lowest BCUT2D eigenvalue weighted by Crippen LogP contribution is -2.44. The van der Waals surface area contributed by atoms with E-state index in [1.54, 1.807) is 0 Å². The second kappa shape index (κ2) is 5.54. The van der Waals surface area contributed by atoms with Crippen molar-refractivity contribution in [2.75, 3.05) is 19.6 Å². The van der Waals surface area contributed by atoms with E-state index in [2.05, 4.69) is 39.4 Å². The van der Waals surface area contributed by atoms with Crippen LogP contribution in [0.5, 0.6) is 0 Å². The maximum atomic E-state index is 5.97. The van der Waals surface area contributed by atoms with Gasteiger partial charge in [0, 0.05) is 20.7 Å². The van der Waals surface area contributed by atoms with Crippen LogP contribution in [0.2, 0.25) is 0 Å². The summed E-state index contributed by atoms with van der Waals surface area (Å²) in [4.78, 5) is 1.30. The average Bonchev–Trinajstić information content (AvgIpc) is 2.33. The third kappa shape index (κ3) is 2.80. The summed E-state index contributed by atoms with van der Waals surface area (Å²) in [6.07, 6.45) is 2.30. The van der Waals surface area contributed by atoms with Gasteiger partial charge in [-0.1, -0.05) is 12.1 Å². The molecule has 1 saturated heterocycles. The molecule has 0 aliphatic carbocycles. The van der Waals surface area contributed by atoms with Gasteiger partial charge in [0.05, 0.1) is 0 Å². The number of hydrogen-bond donors (Lipinski definition) is 2. The molecule has 0 aromatic heterocycles. The maximum absolute atomic E-state index is 5.97. The maximum Gasteiger partial charge on any atom is 0.0353 e. The Labute approximate surface area is 109 Å². The molecule has 0 radical (unpaired) electrons. The molecule has 0 unspecified atom stereocenters. The minimum Gasteiger partial charge on any atom is -0.329 e. The van der Waals surface area contributed by atoms with Gasteiger partial charge in [-0.15, -0.1) is 11.8 Å². The fraction of sp³-hybridized carbons (Fsp3) is 0.500. The number of thioether (sulfide) groups is 1. The molecule has 88 valence electrons. The number of halogens is 1. The number of benzene rings is 1. The Balaban J connectivity index is 2.15. The van der Waals surface area contributed by atoms with Gasteiger partial charge >= 0.3 is 0 Å². The normalized spacial score (nSPS) is 19.6. The number of hydrogen-bond acceptors (Lipinski definition) is 3. The predicted molar refractivity (Wildman–Crippen MR) is 73.9 cm³/mol. The van der Waals surface area contributed by atoms with E-state index in [1.807, 2.05) is 17.8 Å². The van der Waals surface area contributed by atoms with Crippen LogP contribution in [0.15, 0.2) is 33.6 Å². The zero-order valence-corrected chi connectivity index (χ0v) is 11.6. The lowest BCUT2D eigenvalue weighted by atomic mass is 9.97. The van der Waals surface area contributed by atoms with Crippen LogP contribution in [0, 0.1) is 0 Å². The summed E-state index contributed by atoms with van der Waals surface area (Å²) in [5.41, 5.74) is 5.97. The molecule has 2 nitrogen and oxygen atoms in total. The Morgan fingerprint density at radius 1 is 1.31 bits per heavy atom. The van der Waals surface area contributed by atoms with Gasteiger partial charge in [-0.25, -0.2) is 0 Å². The molecule has 0 amide bonds. The summed E-state index contributed by atoms with van der Waals surface area (Å²) in [7, 11) is 0. The molecule has 16 heavy (non-hydrogen) atoms. The third-order valence-electron chi connectivity index (χ3n) is 3.05. The van der Waals surface area contributed by atoms with Crippen LogP contribution >= 0.6 is 27.7 Å². The van der Waals surface area contributed by atoms with Gasteiger partial charge in [-0.2, -0.15) is 0 Å². The van der Waals surface area contributed by atoms with Gasteiger partial charge in [0.25, 0.3) is 0 Å². The van der Waals surface area contributed by atoms with Crippen LogP contribution in [-0.4, -0.2) is 24.4 Å². The summed E-state index contributed by atoms with van der Waals surface area (Å²) in [6, 6.07) is 8.38. The van der Waals surface area contributed by atoms with Gasteiger partial charge in [-0.3, -0.25) is 0 Å². The van der Waals surface area contributed by atoms with Crippen molar-refractivity contribution in [2.45, 2.75) is 22.5 Å². The number of rotatable bonds is 3.